The van der Waals surface area contributed by atoms with Gasteiger partial charge in [-0.25, -0.2) is 0 Å². The molecule has 0 atom stereocenters. The Balaban J connectivity index is 1.35. The van der Waals surface area contributed by atoms with E-state index >= 15 is 0 Å². The molecule has 6 aromatic carbocycles. The van der Waals surface area contributed by atoms with Gasteiger partial charge in [-0.15, -0.1) is 22.7 Å². The first-order valence-electron chi connectivity index (χ1n) is 13.9. The summed E-state index contributed by atoms with van der Waals surface area (Å²) >= 11 is 3.82. The lowest BCUT2D eigenvalue weighted by Crippen LogP contribution is -1.93. The van der Waals surface area contributed by atoms with E-state index in [9.17, 15) is 0 Å². The van der Waals surface area contributed by atoms with E-state index in [0.29, 0.717) is 0 Å². The first-order chi connectivity index (χ1) is 20.4. The van der Waals surface area contributed by atoms with Crippen LogP contribution in [0, 0.1) is 0 Å². The van der Waals surface area contributed by atoms with Crippen LogP contribution in [0.1, 0.15) is 0 Å². The topological polar surface area (TPSA) is 4.93 Å². The molecule has 0 radical (unpaired) electrons. The maximum absolute atomic E-state index is 2.44. The smallest absolute Gasteiger partial charge is 0.0727 e. The molecule has 0 unspecified atom stereocenters. The minimum Gasteiger partial charge on any atom is -0.308 e. The molecule has 192 valence electrons. The van der Waals surface area contributed by atoms with Gasteiger partial charge in [-0.3, -0.25) is 0 Å². The maximum Gasteiger partial charge on any atom is 0.0727 e. The second-order valence-corrected chi connectivity index (χ2v) is 12.5. The highest BCUT2D eigenvalue weighted by Gasteiger charge is 2.21. The van der Waals surface area contributed by atoms with E-state index < -0.39 is 0 Å². The third-order valence-electron chi connectivity index (χ3n) is 8.23. The number of para-hydroxylation sites is 2. The summed E-state index contributed by atoms with van der Waals surface area (Å²) in [7, 11) is 0. The van der Waals surface area contributed by atoms with Gasteiger partial charge in [-0.2, -0.15) is 0 Å². The van der Waals surface area contributed by atoms with Crippen LogP contribution in [0.15, 0.2) is 140 Å². The van der Waals surface area contributed by atoms with Crippen molar-refractivity contribution in [2.75, 3.05) is 0 Å². The van der Waals surface area contributed by atoms with E-state index in [0.717, 1.165) is 0 Å². The number of hydrogen-bond acceptors (Lipinski definition) is 2. The van der Waals surface area contributed by atoms with Crippen LogP contribution in [0.2, 0.25) is 0 Å². The highest BCUT2D eigenvalue weighted by Crippen LogP contribution is 2.48. The zero-order chi connectivity index (χ0) is 26.9. The minimum atomic E-state index is 1.20. The van der Waals surface area contributed by atoms with E-state index in [1.807, 2.05) is 22.7 Å². The Morgan fingerprint density at radius 1 is 0.366 bits per heavy atom. The quantitative estimate of drug-likeness (QED) is 0.204. The van der Waals surface area contributed by atoms with Crippen molar-refractivity contribution >= 4 is 74.1 Å². The number of benzene rings is 6. The van der Waals surface area contributed by atoms with Gasteiger partial charge in [-0.1, -0.05) is 115 Å². The van der Waals surface area contributed by atoms with E-state index in [-0.39, 0.29) is 0 Å². The number of nitrogens with zero attached hydrogens (tertiary/aromatic N) is 1. The zero-order valence-corrected chi connectivity index (χ0v) is 23.7. The molecule has 0 aliphatic rings. The fourth-order valence-corrected chi connectivity index (χ4v) is 9.04. The van der Waals surface area contributed by atoms with Gasteiger partial charge in [0.25, 0.3) is 0 Å². The predicted molar refractivity (Wildman–Crippen MR) is 180 cm³/mol. The molecule has 0 amide bonds. The van der Waals surface area contributed by atoms with Crippen LogP contribution in [-0.2, 0) is 0 Å². The van der Waals surface area contributed by atoms with Crippen LogP contribution in [-0.4, -0.2) is 4.57 Å². The maximum atomic E-state index is 2.44. The third kappa shape index (κ3) is 3.34. The molecule has 0 fully saturated rings. The molecule has 3 aromatic heterocycles. The zero-order valence-electron chi connectivity index (χ0n) is 22.0. The van der Waals surface area contributed by atoms with Gasteiger partial charge in [0, 0.05) is 52.5 Å². The van der Waals surface area contributed by atoms with Crippen molar-refractivity contribution < 1.29 is 0 Å². The molecule has 9 rings (SSSR count). The highest BCUT2D eigenvalue weighted by atomic mass is 32.1. The summed E-state index contributed by atoms with van der Waals surface area (Å²) in [5.41, 5.74) is 8.90. The van der Waals surface area contributed by atoms with Crippen molar-refractivity contribution in [2.45, 2.75) is 0 Å². The van der Waals surface area contributed by atoms with Crippen molar-refractivity contribution in [3.05, 3.63) is 140 Å². The van der Waals surface area contributed by atoms with Crippen molar-refractivity contribution in [3.63, 3.8) is 0 Å². The Morgan fingerprint density at radius 3 is 1.71 bits per heavy atom. The number of rotatable bonds is 3. The standard InChI is InChI=1S/C38H23NS2/c1-2-12-24(13-3-1)39-33-22-8-6-17-31(33)38-35(39)32-21-11-19-29(37(32)41-38)26-15-5-4-14-25(26)28-18-10-20-30-27-16-7-9-23-34(27)40-36(28)30/h1-23H. The lowest BCUT2D eigenvalue weighted by molar-refractivity contribution is 1.19. The molecule has 9 aromatic rings. The minimum absolute atomic E-state index is 1.20. The van der Waals surface area contributed by atoms with Crippen LogP contribution in [0.3, 0.4) is 0 Å². The Hall–Kier alpha value is -4.70. The van der Waals surface area contributed by atoms with Crippen LogP contribution in [0.25, 0.3) is 79.3 Å². The number of hydrogen-bond donors (Lipinski definition) is 0. The van der Waals surface area contributed by atoms with Gasteiger partial charge in [-0.05, 0) is 35.4 Å². The normalized spacial score (nSPS) is 11.9. The molecular formula is C38H23NS2. The molecule has 0 aliphatic carbocycles. The Morgan fingerprint density at radius 2 is 0.927 bits per heavy atom. The molecule has 3 heterocycles. The summed E-state index contributed by atoms with van der Waals surface area (Å²) < 4.78 is 7.81. The van der Waals surface area contributed by atoms with E-state index in [1.54, 1.807) is 0 Å². The molecule has 0 spiro atoms. The molecule has 1 nitrogen and oxygen atoms in total. The summed E-state index contributed by atoms with van der Waals surface area (Å²) in [6, 6.07) is 50.9. The van der Waals surface area contributed by atoms with Crippen molar-refractivity contribution in [2.24, 2.45) is 0 Å². The first-order valence-corrected chi connectivity index (χ1v) is 15.5. The van der Waals surface area contributed by atoms with Crippen molar-refractivity contribution in [1.29, 1.82) is 0 Å². The molecule has 41 heavy (non-hydrogen) atoms. The van der Waals surface area contributed by atoms with Crippen molar-refractivity contribution in [1.82, 2.24) is 4.57 Å². The first kappa shape index (κ1) is 23.0. The van der Waals surface area contributed by atoms with Crippen LogP contribution < -0.4 is 0 Å². The summed E-state index contributed by atoms with van der Waals surface area (Å²) in [4.78, 5) is 0. The van der Waals surface area contributed by atoms with Crippen LogP contribution in [0.4, 0.5) is 0 Å². The highest BCUT2D eigenvalue weighted by molar-refractivity contribution is 7.27. The number of thiophene rings is 2. The number of fused-ring (bicyclic) bond motifs is 8. The molecule has 0 aliphatic heterocycles. The fourth-order valence-electron chi connectivity index (χ4n) is 6.46. The molecule has 0 saturated carbocycles. The van der Waals surface area contributed by atoms with E-state index in [1.165, 1.54) is 79.3 Å². The Bertz CT molecular complexity index is 2420. The Kier molecular flexibility index (Phi) is 5.00. The summed E-state index contributed by atoms with van der Waals surface area (Å²) in [5.74, 6) is 0. The summed E-state index contributed by atoms with van der Waals surface area (Å²) in [6.45, 7) is 0. The Labute approximate surface area is 245 Å². The molecular weight excluding hydrogens is 535 g/mol. The molecule has 0 bridgehead atoms. The van der Waals surface area contributed by atoms with Crippen molar-refractivity contribution in [3.8, 4) is 27.9 Å². The average molecular weight is 558 g/mol. The largest absolute Gasteiger partial charge is 0.308 e. The lowest BCUT2D eigenvalue weighted by atomic mass is 9.93. The van der Waals surface area contributed by atoms with Gasteiger partial charge in [0.1, 0.15) is 0 Å². The number of aromatic nitrogens is 1. The predicted octanol–water partition coefficient (Wildman–Crippen LogP) is 11.7. The summed E-state index contributed by atoms with van der Waals surface area (Å²) in [5, 5.41) is 5.28. The second kappa shape index (κ2) is 8.90. The van der Waals surface area contributed by atoms with Gasteiger partial charge < -0.3 is 4.57 Å². The lowest BCUT2D eigenvalue weighted by Gasteiger charge is -2.13. The average Bonchev–Trinajstić information content (AvgIpc) is 3.70. The van der Waals surface area contributed by atoms with Crippen LogP contribution in [0.5, 0.6) is 0 Å². The molecule has 0 N–H and O–H groups in total. The SMILES string of the molecule is c1ccc(-n2c3ccccc3c3sc4c(-c5ccccc5-c5cccc6c5sc5ccccc56)cccc4c32)cc1. The molecule has 3 heteroatoms. The van der Waals surface area contributed by atoms with Gasteiger partial charge >= 0.3 is 0 Å². The monoisotopic (exact) mass is 557 g/mol. The van der Waals surface area contributed by atoms with Gasteiger partial charge in [0.05, 0.1) is 15.7 Å². The third-order valence-corrected chi connectivity index (χ3v) is 10.7. The molecule has 0 saturated heterocycles. The van der Waals surface area contributed by atoms with Gasteiger partial charge in [0.15, 0.2) is 0 Å². The van der Waals surface area contributed by atoms with E-state index in [4.69, 9.17) is 0 Å². The second-order valence-electron chi connectivity index (χ2n) is 10.5. The van der Waals surface area contributed by atoms with E-state index in [2.05, 4.69) is 144 Å². The summed E-state index contributed by atoms with van der Waals surface area (Å²) in [6.07, 6.45) is 0. The van der Waals surface area contributed by atoms with Crippen LogP contribution >= 0.6 is 22.7 Å². The van der Waals surface area contributed by atoms with Gasteiger partial charge in [0.2, 0.25) is 0 Å². The fraction of sp³-hybridized carbons (Fsp3) is 0.